The van der Waals surface area contributed by atoms with E-state index < -0.39 is 12.2 Å². The molecular weight excluding hydrogens is 382 g/mol. The van der Waals surface area contributed by atoms with E-state index in [1.54, 1.807) is 31.2 Å². The SMILES string of the molecule is Cc1cc2c(C#N)c(C3=CC=CCN3[C@@H](C)C(F)(F)F)n(C3CCC3)c2cc1F. The van der Waals surface area contributed by atoms with Gasteiger partial charge in [0.1, 0.15) is 17.9 Å². The van der Waals surface area contributed by atoms with Crippen LogP contribution in [0.4, 0.5) is 17.6 Å². The molecule has 1 aromatic heterocycles. The Hall–Kier alpha value is -2.75. The quantitative estimate of drug-likeness (QED) is 0.602. The van der Waals surface area contributed by atoms with E-state index in [1.807, 2.05) is 4.57 Å². The number of nitriles is 1. The van der Waals surface area contributed by atoms with Gasteiger partial charge in [-0.05, 0) is 56.9 Å². The van der Waals surface area contributed by atoms with Gasteiger partial charge in [-0.15, -0.1) is 0 Å². The van der Waals surface area contributed by atoms with Crippen molar-refractivity contribution >= 4 is 16.6 Å². The minimum atomic E-state index is -4.41. The highest BCUT2D eigenvalue weighted by atomic mass is 19.4. The number of nitrogens with zero attached hydrogens (tertiary/aromatic N) is 3. The third-order valence-electron chi connectivity index (χ3n) is 6.02. The molecule has 3 nitrogen and oxygen atoms in total. The maximum Gasteiger partial charge on any atom is 0.408 e. The number of rotatable bonds is 3. The average Bonchev–Trinajstić information content (AvgIpc) is 2.92. The first-order chi connectivity index (χ1) is 13.7. The molecule has 1 fully saturated rings. The number of halogens is 4. The fourth-order valence-corrected chi connectivity index (χ4v) is 4.11. The number of hydrogen-bond acceptors (Lipinski definition) is 2. The summed E-state index contributed by atoms with van der Waals surface area (Å²) in [5, 5.41) is 10.5. The molecule has 0 amide bonds. The lowest BCUT2D eigenvalue weighted by Gasteiger charge is -2.37. The van der Waals surface area contributed by atoms with E-state index in [-0.39, 0.29) is 18.4 Å². The second-order valence-electron chi connectivity index (χ2n) is 7.76. The monoisotopic (exact) mass is 403 g/mol. The molecule has 7 heteroatoms. The molecule has 2 aromatic rings. The molecule has 0 saturated heterocycles. The lowest BCUT2D eigenvalue weighted by atomic mass is 9.92. The van der Waals surface area contributed by atoms with Crippen molar-refractivity contribution in [3.63, 3.8) is 0 Å². The lowest BCUT2D eigenvalue weighted by molar-refractivity contribution is -0.169. The van der Waals surface area contributed by atoms with Crippen molar-refractivity contribution in [1.29, 1.82) is 5.26 Å². The summed E-state index contributed by atoms with van der Waals surface area (Å²) in [7, 11) is 0. The summed E-state index contributed by atoms with van der Waals surface area (Å²) in [6.45, 7) is 2.84. The van der Waals surface area contributed by atoms with Crippen LogP contribution in [0.15, 0.2) is 30.4 Å². The minimum absolute atomic E-state index is 0.0477. The number of fused-ring (bicyclic) bond motifs is 1. The van der Waals surface area contributed by atoms with Crippen LogP contribution in [0.3, 0.4) is 0 Å². The van der Waals surface area contributed by atoms with Gasteiger partial charge in [0.2, 0.25) is 0 Å². The van der Waals surface area contributed by atoms with Crippen LogP contribution < -0.4 is 0 Å². The smallest absolute Gasteiger partial charge is 0.354 e. The standard InChI is InChI=1S/C22H21F4N3/c1-13-10-16-17(12-27)21(29(15-6-5-7-15)20(16)11-18(13)23)19-8-3-4-9-28(19)14(2)22(24,25)26/h3-4,8,10-11,14-15H,5-7,9H2,1-2H3/t14-/m0/s1. The topological polar surface area (TPSA) is 32.0 Å². The summed E-state index contributed by atoms with van der Waals surface area (Å²) in [6, 6.07) is 3.55. The van der Waals surface area contributed by atoms with Gasteiger partial charge in [0, 0.05) is 18.0 Å². The van der Waals surface area contributed by atoms with Gasteiger partial charge in [-0.25, -0.2) is 4.39 Å². The fraction of sp³-hybridized carbons (Fsp3) is 0.409. The van der Waals surface area contributed by atoms with Gasteiger partial charge in [0.25, 0.3) is 0 Å². The highest BCUT2D eigenvalue weighted by molar-refractivity contribution is 5.93. The number of aromatic nitrogens is 1. The third-order valence-corrected chi connectivity index (χ3v) is 6.02. The summed E-state index contributed by atoms with van der Waals surface area (Å²) in [4.78, 5) is 1.27. The van der Waals surface area contributed by atoms with E-state index >= 15 is 0 Å². The van der Waals surface area contributed by atoms with Gasteiger partial charge in [0.15, 0.2) is 0 Å². The Kier molecular flexibility index (Phi) is 4.68. The molecule has 4 rings (SSSR count). The Labute approximate surface area is 166 Å². The number of alkyl halides is 3. The Bertz CT molecular complexity index is 1060. The van der Waals surface area contributed by atoms with Gasteiger partial charge < -0.3 is 9.47 Å². The molecule has 0 radical (unpaired) electrons. The summed E-state index contributed by atoms with van der Waals surface area (Å²) < 4.78 is 56.9. The van der Waals surface area contributed by atoms with Crippen molar-refractivity contribution in [3.05, 3.63) is 53.0 Å². The van der Waals surface area contributed by atoms with Crippen molar-refractivity contribution in [2.75, 3.05) is 6.54 Å². The van der Waals surface area contributed by atoms with Crippen molar-refractivity contribution < 1.29 is 17.6 Å². The van der Waals surface area contributed by atoms with Crippen LogP contribution in [0, 0.1) is 24.1 Å². The predicted octanol–water partition coefficient (Wildman–Crippen LogP) is 5.85. The molecule has 1 atom stereocenters. The lowest BCUT2D eigenvalue weighted by Crippen LogP contribution is -2.43. The van der Waals surface area contributed by atoms with Crippen LogP contribution in [-0.4, -0.2) is 28.2 Å². The molecule has 0 bridgehead atoms. The summed E-state index contributed by atoms with van der Waals surface area (Å²) >= 11 is 0. The largest absolute Gasteiger partial charge is 0.408 e. The Morgan fingerprint density at radius 3 is 2.55 bits per heavy atom. The molecule has 0 unspecified atom stereocenters. The van der Waals surface area contributed by atoms with Gasteiger partial charge in [-0.2, -0.15) is 18.4 Å². The molecule has 2 aliphatic rings. The normalized spacial score (nSPS) is 18.5. The first-order valence-electron chi connectivity index (χ1n) is 9.68. The van der Waals surface area contributed by atoms with Gasteiger partial charge >= 0.3 is 6.18 Å². The Morgan fingerprint density at radius 2 is 1.97 bits per heavy atom. The van der Waals surface area contributed by atoms with Crippen molar-refractivity contribution in [1.82, 2.24) is 9.47 Å². The molecule has 1 saturated carbocycles. The maximum absolute atomic E-state index is 14.4. The van der Waals surface area contributed by atoms with E-state index in [0.29, 0.717) is 33.4 Å². The van der Waals surface area contributed by atoms with Gasteiger partial charge in [-0.1, -0.05) is 12.2 Å². The van der Waals surface area contributed by atoms with Crippen LogP contribution in [0.1, 0.15) is 49.0 Å². The minimum Gasteiger partial charge on any atom is -0.354 e. The zero-order chi connectivity index (χ0) is 20.9. The van der Waals surface area contributed by atoms with Crippen LogP contribution in [0.5, 0.6) is 0 Å². The first kappa shape index (κ1) is 19.6. The van der Waals surface area contributed by atoms with E-state index in [4.69, 9.17) is 0 Å². The summed E-state index contributed by atoms with van der Waals surface area (Å²) in [5.41, 5.74) is 2.09. The first-order valence-corrected chi connectivity index (χ1v) is 9.68. The van der Waals surface area contributed by atoms with Crippen LogP contribution >= 0.6 is 0 Å². The highest BCUT2D eigenvalue weighted by Crippen LogP contribution is 2.43. The zero-order valence-corrected chi connectivity index (χ0v) is 16.2. The second-order valence-corrected chi connectivity index (χ2v) is 7.76. The van der Waals surface area contributed by atoms with E-state index in [2.05, 4.69) is 6.07 Å². The maximum atomic E-state index is 14.4. The van der Waals surface area contributed by atoms with Crippen molar-refractivity contribution in [2.45, 2.75) is 51.4 Å². The molecule has 1 aliphatic carbocycles. The molecule has 0 spiro atoms. The van der Waals surface area contributed by atoms with Crippen LogP contribution in [0.2, 0.25) is 0 Å². The van der Waals surface area contributed by atoms with Crippen LogP contribution in [-0.2, 0) is 0 Å². The third kappa shape index (κ3) is 3.11. The number of allylic oxidation sites excluding steroid dienone is 2. The number of benzene rings is 1. The highest BCUT2D eigenvalue weighted by Gasteiger charge is 2.42. The summed E-state index contributed by atoms with van der Waals surface area (Å²) in [6.07, 6.45) is 3.31. The Balaban J connectivity index is 2.00. The second kappa shape index (κ2) is 6.94. The zero-order valence-electron chi connectivity index (χ0n) is 16.2. The van der Waals surface area contributed by atoms with Crippen LogP contribution in [0.25, 0.3) is 16.6 Å². The van der Waals surface area contributed by atoms with Gasteiger partial charge in [-0.3, -0.25) is 0 Å². The molecule has 1 aromatic carbocycles. The Morgan fingerprint density at radius 1 is 1.24 bits per heavy atom. The predicted molar refractivity (Wildman–Crippen MR) is 104 cm³/mol. The van der Waals surface area contributed by atoms with Crippen molar-refractivity contribution in [3.8, 4) is 6.07 Å². The molecule has 1 aliphatic heterocycles. The average molecular weight is 403 g/mol. The molecular formula is C22H21F4N3. The van der Waals surface area contributed by atoms with E-state index in [9.17, 15) is 22.8 Å². The van der Waals surface area contributed by atoms with E-state index in [1.165, 1.54) is 11.0 Å². The number of hydrogen-bond donors (Lipinski definition) is 0. The molecule has 29 heavy (non-hydrogen) atoms. The fourth-order valence-electron chi connectivity index (χ4n) is 4.11. The number of aryl methyl sites for hydroxylation is 1. The van der Waals surface area contributed by atoms with E-state index in [0.717, 1.165) is 26.2 Å². The summed E-state index contributed by atoms with van der Waals surface area (Å²) in [5.74, 6) is -0.385. The van der Waals surface area contributed by atoms with Crippen molar-refractivity contribution in [2.24, 2.45) is 0 Å². The molecule has 2 heterocycles. The molecule has 0 N–H and O–H groups in total. The van der Waals surface area contributed by atoms with Gasteiger partial charge in [0.05, 0.1) is 22.5 Å². The molecule has 152 valence electrons.